The van der Waals surface area contributed by atoms with Crippen LogP contribution >= 0.6 is 12.2 Å². The Hall–Kier alpha value is -3.64. The fourth-order valence-electron chi connectivity index (χ4n) is 5.05. The Kier molecular flexibility index (Phi) is 5.84. The minimum atomic E-state index is -0.113. The standard InChI is InChI=1S/C28H28N4OS/c1-4-20-9-5-6-11-25(20)31-18(2)17-23(19(31)3)27-26(24-10-7-8-16-29-24)30-28(34)32(27)21-12-14-22(33)15-13-21/h5-17,26-27,33H,4H2,1-3H3,(H,30,34)/t26-,27+/m0/s1. The highest BCUT2D eigenvalue weighted by atomic mass is 32.1. The second kappa shape index (κ2) is 8.95. The van der Waals surface area contributed by atoms with Crippen molar-refractivity contribution in [2.75, 3.05) is 4.90 Å². The fourth-order valence-corrected chi connectivity index (χ4v) is 5.39. The molecule has 4 aromatic rings. The molecule has 0 radical (unpaired) electrons. The molecular formula is C28H28N4OS. The number of thiocarbonyl (C=S) groups is 1. The zero-order valence-corrected chi connectivity index (χ0v) is 20.4. The number of aryl methyl sites for hydroxylation is 2. The monoisotopic (exact) mass is 468 g/mol. The van der Waals surface area contributed by atoms with Crippen molar-refractivity contribution >= 4 is 23.0 Å². The Morgan fingerprint density at radius 2 is 1.74 bits per heavy atom. The van der Waals surface area contributed by atoms with Gasteiger partial charge in [0.25, 0.3) is 0 Å². The molecule has 2 aromatic heterocycles. The zero-order chi connectivity index (χ0) is 23.8. The minimum Gasteiger partial charge on any atom is -0.508 e. The normalized spacial score (nSPS) is 17.7. The number of rotatable bonds is 5. The molecule has 1 aliphatic rings. The van der Waals surface area contributed by atoms with Gasteiger partial charge in [-0.2, -0.15) is 0 Å². The maximum Gasteiger partial charge on any atom is 0.174 e. The maximum absolute atomic E-state index is 9.86. The Morgan fingerprint density at radius 1 is 1.00 bits per heavy atom. The number of nitrogens with one attached hydrogen (secondary N) is 1. The van der Waals surface area contributed by atoms with Gasteiger partial charge in [0.1, 0.15) is 5.75 Å². The summed E-state index contributed by atoms with van der Waals surface area (Å²) in [7, 11) is 0. The minimum absolute atomic E-state index is 0.0966. The quantitative estimate of drug-likeness (QED) is 0.355. The molecule has 0 saturated carbocycles. The lowest BCUT2D eigenvalue weighted by Crippen LogP contribution is -2.29. The number of aromatic hydroxyl groups is 1. The smallest absolute Gasteiger partial charge is 0.174 e. The van der Waals surface area contributed by atoms with Crippen LogP contribution in [0, 0.1) is 13.8 Å². The van der Waals surface area contributed by atoms with Crippen molar-refractivity contribution < 1.29 is 5.11 Å². The van der Waals surface area contributed by atoms with Gasteiger partial charge >= 0.3 is 0 Å². The summed E-state index contributed by atoms with van der Waals surface area (Å²) in [5.74, 6) is 0.231. The number of hydrogen-bond donors (Lipinski definition) is 2. The Labute approximate surface area is 205 Å². The van der Waals surface area contributed by atoms with Crippen LogP contribution in [0.3, 0.4) is 0 Å². The van der Waals surface area contributed by atoms with Crippen LogP contribution in [-0.2, 0) is 6.42 Å². The lowest BCUT2D eigenvalue weighted by molar-refractivity contribution is 0.475. The van der Waals surface area contributed by atoms with E-state index in [0.717, 1.165) is 17.8 Å². The van der Waals surface area contributed by atoms with Crippen molar-refractivity contribution in [2.45, 2.75) is 39.3 Å². The maximum atomic E-state index is 9.86. The van der Waals surface area contributed by atoms with E-state index in [4.69, 9.17) is 12.2 Å². The fraction of sp³-hybridized carbons (Fsp3) is 0.214. The van der Waals surface area contributed by atoms with Crippen molar-refractivity contribution in [3.8, 4) is 11.4 Å². The molecule has 0 bridgehead atoms. The van der Waals surface area contributed by atoms with E-state index < -0.39 is 0 Å². The molecule has 0 unspecified atom stereocenters. The number of nitrogens with zero attached hydrogens (tertiary/aromatic N) is 3. The van der Waals surface area contributed by atoms with Crippen LogP contribution in [0.2, 0.25) is 0 Å². The number of pyridine rings is 1. The summed E-state index contributed by atoms with van der Waals surface area (Å²) in [6, 6.07) is 23.8. The van der Waals surface area contributed by atoms with Gasteiger partial charge in [-0.05, 0) is 92.1 Å². The van der Waals surface area contributed by atoms with E-state index in [-0.39, 0.29) is 17.8 Å². The Balaban J connectivity index is 1.69. The molecule has 6 heteroatoms. The van der Waals surface area contributed by atoms with Crippen LogP contribution in [0.1, 0.15) is 47.2 Å². The van der Waals surface area contributed by atoms with Gasteiger partial charge in [-0.25, -0.2) is 0 Å². The molecule has 5 nitrogen and oxygen atoms in total. The summed E-state index contributed by atoms with van der Waals surface area (Å²) in [5.41, 5.74) is 7.95. The first-order valence-electron chi connectivity index (χ1n) is 11.6. The van der Waals surface area contributed by atoms with Crippen LogP contribution in [0.5, 0.6) is 5.75 Å². The third-order valence-corrected chi connectivity index (χ3v) is 6.94. The molecule has 5 rings (SSSR count). The van der Waals surface area contributed by atoms with Gasteiger partial charge < -0.3 is 19.9 Å². The second-order valence-electron chi connectivity index (χ2n) is 8.66. The highest BCUT2D eigenvalue weighted by molar-refractivity contribution is 7.80. The van der Waals surface area contributed by atoms with Crippen molar-refractivity contribution in [1.82, 2.24) is 14.9 Å². The number of phenols is 1. The summed E-state index contributed by atoms with van der Waals surface area (Å²) < 4.78 is 2.35. The van der Waals surface area contributed by atoms with Crippen LogP contribution in [0.15, 0.2) is 79.0 Å². The van der Waals surface area contributed by atoms with Gasteiger partial charge in [-0.1, -0.05) is 31.2 Å². The molecule has 172 valence electrons. The average Bonchev–Trinajstić information content (AvgIpc) is 3.35. The lowest BCUT2D eigenvalue weighted by Gasteiger charge is -2.28. The summed E-state index contributed by atoms with van der Waals surface area (Å²) in [5, 5.41) is 14.0. The van der Waals surface area contributed by atoms with Crippen LogP contribution < -0.4 is 10.2 Å². The molecule has 1 saturated heterocycles. The van der Waals surface area contributed by atoms with Crippen LogP contribution in [-0.4, -0.2) is 19.8 Å². The Morgan fingerprint density at radius 3 is 2.44 bits per heavy atom. The molecule has 2 atom stereocenters. The van der Waals surface area contributed by atoms with E-state index >= 15 is 0 Å². The third kappa shape index (κ3) is 3.74. The molecule has 34 heavy (non-hydrogen) atoms. The molecular weight excluding hydrogens is 440 g/mol. The first kappa shape index (κ1) is 22.2. The van der Waals surface area contributed by atoms with E-state index in [2.05, 4.69) is 70.9 Å². The van der Waals surface area contributed by atoms with Gasteiger partial charge in [-0.15, -0.1) is 0 Å². The molecule has 0 amide bonds. The van der Waals surface area contributed by atoms with Gasteiger partial charge in [0.05, 0.1) is 17.8 Å². The largest absolute Gasteiger partial charge is 0.508 e. The number of aromatic nitrogens is 2. The lowest BCUT2D eigenvalue weighted by atomic mass is 9.96. The number of benzene rings is 2. The highest BCUT2D eigenvalue weighted by Gasteiger charge is 2.42. The van der Waals surface area contributed by atoms with Gasteiger partial charge in [-0.3, -0.25) is 4.98 Å². The van der Waals surface area contributed by atoms with E-state index in [1.807, 2.05) is 36.5 Å². The van der Waals surface area contributed by atoms with Crippen molar-refractivity contribution in [3.63, 3.8) is 0 Å². The third-order valence-electron chi connectivity index (χ3n) is 6.63. The SMILES string of the molecule is CCc1ccccc1-n1c(C)cc([C@@H]2[C@H](c3ccccn3)NC(=S)N2c2ccc(O)cc2)c1C. The molecule has 3 heterocycles. The predicted molar refractivity (Wildman–Crippen MR) is 141 cm³/mol. The number of para-hydroxylation sites is 1. The first-order chi connectivity index (χ1) is 16.5. The van der Waals surface area contributed by atoms with Gasteiger partial charge in [0.2, 0.25) is 0 Å². The van der Waals surface area contributed by atoms with Crippen molar-refractivity contribution in [1.29, 1.82) is 0 Å². The van der Waals surface area contributed by atoms with Crippen molar-refractivity contribution in [3.05, 3.63) is 107 Å². The van der Waals surface area contributed by atoms with E-state index in [9.17, 15) is 5.11 Å². The van der Waals surface area contributed by atoms with Crippen LogP contribution in [0.25, 0.3) is 5.69 Å². The Bertz CT molecular complexity index is 1330. The predicted octanol–water partition coefficient (Wildman–Crippen LogP) is 5.93. The number of anilines is 1. The first-order valence-corrected chi connectivity index (χ1v) is 12.0. The molecule has 1 aliphatic heterocycles. The van der Waals surface area contributed by atoms with E-state index in [1.165, 1.54) is 28.2 Å². The second-order valence-corrected chi connectivity index (χ2v) is 9.04. The number of hydrogen-bond acceptors (Lipinski definition) is 3. The molecule has 2 aromatic carbocycles. The molecule has 1 fully saturated rings. The van der Waals surface area contributed by atoms with Gasteiger partial charge in [0, 0.05) is 29.0 Å². The highest BCUT2D eigenvalue weighted by Crippen LogP contribution is 2.44. The summed E-state index contributed by atoms with van der Waals surface area (Å²) in [6.07, 6.45) is 2.79. The molecule has 0 aliphatic carbocycles. The summed E-state index contributed by atoms with van der Waals surface area (Å²) in [4.78, 5) is 6.81. The molecule has 0 spiro atoms. The summed E-state index contributed by atoms with van der Waals surface area (Å²) in [6.45, 7) is 6.53. The summed E-state index contributed by atoms with van der Waals surface area (Å²) >= 11 is 5.84. The average molecular weight is 469 g/mol. The zero-order valence-electron chi connectivity index (χ0n) is 19.6. The van der Waals surface area contributed by atoms with Crippen molar-refractivity contribution in [2.24, 2.45) is 0 Å². The van der Waals surface area contributed by atoms with E-state index in [0.29, 0.717) is 5.11 Å². The topological polar surface area (TPSA) is 53.3 Å². The van der Waals surface area contributed by atoms with E-state index in [1.54, 1.807) is 12.1 Å². The number of phenolic OH excluding ortho intramolecular Hbond substituents is 1. The van der Waals surface area contributed by atoms with Gasteiger partial charge in [0.15, 0.2) is 5.11 Å². The van der Waals surface area contributed by atoms with Crippen LogP contribution in [0.4, 0.5) is 5.69 Å². The molecule has 2 N–H and O–H groups in total.